The lowest BCUT2D eigenvalue weighted by Gasteiger charge is -2.32. The molecule has 2 rings (SSSR count). The van der Waals surface area contributed by atoms with E-state index in [1.807, 2.05) is 0 Å². The van der Waals surface area contributed by atoms with Crippen LogP contribution in [0.4, 0.5) is 11.5 Å². The van der Waals surface area contributed by atoms with Gasteiger partial charge >= 0.3 is 0 Å². The van der Waals surface area contributed by atoms with Crippen LogP contribution in [0.25, 0.3) is 0 Å². The second kappa shape index (κ2) is 6.17. The van der Waals surface area contributed by atoms with E-state index >= 15 is 0 Å². The third-order valence-electron chi connectivity index (χ3n) is 3.15. The van der Waals surface area contributed by atoms with Gasteiger partial charge in [-0.1, -0.05) is 11.6 Å². The molecule has 1 saturated heterocycles. The molecule has 18 heavy (non-hydrogen) atoms. The largest absolute Gasteiger partial charge is 0.393 e. The van der Waals surface area contributed by atoms with E-state index in [0.717, 1.165) is 39.3 Å². The lowest BCUT2D eigenvalue weighted by atomic mass is 10.3. The zero-order valence-corrected chi connectivity index (χ0v) is 11.3. The number of nitrogens with zero attached hydrogens (tertiary/aromatic N) is 4. The topological polar surface area (TPSA) is 70.3 Å². The Labute approximate surface area is 112 Å². The summed E-state index contributed by atoms with van der Waals surface area (Å²) in [5.41, 5.74) is 6.19. The van der Waals surface area contributed by atoms with Crippen molar-refractivity contribution in [2.24, 2.45) is 0 Å². The number of rotatable bonds is 4. The fourth-order valence-corrected chi connectivity index (χ4v) is 2.05. The first kappa shape index (κ1) is 13.3. The highest BCUT2D eigenvalue weighted by molar-refractivity contribution is 6.32. The van der Waals surface area contributed by atoms with Crippen LogP contribution >= 0.6 is 11.6 Å². The van der Waals surface area contributed by atoms with Gasteiger partial charge in [-0.3, -0.25) is 4.90 Å². The van der Waals surface area contributed by atoms with Crippen LogP contribution in [0, 0.1) is 0 Å². The number of halogens is 1. The fraction of sp³-hybridized carbons (Fsp3) is 0.636. The van der Waals surface area contributed by atoms with Crippen molar-refractivity contribution >= 4 is 23.1 Å². The molecule has 1 aromatic rings. The lowest BCUT2D eigenvalue weighted by Crippen LogP contribution is -2.45. The van der Waals surface area contributed by atoms with Gasteiger partial charge in [0.2, 0.25) is 0 Å². The molecule has 0 unspecified atom stereocenters. The van der Waals surface area contributed by atoms with Crippen LogP contribution in [-0.2, 0) is 0 Å². The van der Waals surface area contributed by atoms with Gasteiger partial charge in [-0.05, 0) is 7.05 Å². The van der Waals surface area contributed by atoms with E-state index in [1.165, 1.54) is 6.33 Å². The minimum Gasteiger partial charge on any atom is -0.393 e. The molecule has 1 aromatic heterocycles. The van der Waals surface area contributed by atoms with Crippen molar-refractivity contribution in [3.8, 4) is 0 Å². The maximum atomic E-state index is 5.83. The average Bonchev–Trinajstić information content (AvgIpc) is 2.37. The Morgan fingerprint density at radius 2 is 2.06 bits per heavy atom. The van der Waals surface area contributed by atoms with Crippen LogP contribution in [0.3, 0.4) is 0 Å². The number of nitrogens with one attached hydrogen (secondary N) is 1. The summed E-state index contributed by atoms with van der Waals surface area (Å²) >= 11 is 5.83. The lowest BCUT2D eigenvalue weighted by molar-refractivity contribution is 0.158. The standard InChI is InChI=1S/C11H19ClN6/c1-17-4-6-18(7-5-17)3-2-14-11-9(13)10(12)15-8-16-11/h8H,2-7,13H2,1H3,(H,14,15,16). The molecule has 100 valence electrons. The van der Waals surface area contributed by atoms with E-state index in [4.69, 9.17) is 17.3 Å². The summed E-state index contributed by atoms with van der Waals surface area (Å²) in [5, 5.41) is 3.49. The molecule has 6 nitrogen and oxygen atoms in total. The van der Waals surface area contributed by atoms with Crippen molar-refractivity contribution in [3.63, 3.8) is 0 Å². The van der Waals surface area contributed by atoms with Crippen molar-refractivity contribution < 1.29 is 0 Å². The number of hydrogen-bond donors (Lipinski definition) is 2. The Balaban J connectivity index is 1.77. The third-order valence-corrected chi connectivity index (χ3v) is 3.45. The SMILES string of the molecule is CN1CCN(CCNc2ncnc(Cl)c2N)CC1. The van der Waals surface area contributed by atoms with Gasteiger partial charge in [0.15, 0.2) is 11.0 Å². The maximum Gasteiger partial charge on any atom is 0.157 e. The average molecular weight is 271 g/mol. The van der Waals surface area contributed by atoms with Crippen LogP contribution in [0.1, 0.15) is 0 Å². The van der Waals surface area contributed by atoms with Gasteiger partial charge in [0.1, 0.15) is 12.0 Å². The van der Waals surface area contributed by atoms with Crippen molar-refractivity contribution in [3.05, 3.63) is 11.5 Å². The number of piperazine rings is 1. The molecular weight excluding hydrogens is 252 g/mol. The zero-order valence-electron chi connectivity index (χ0n) is 10.6. The highest BCUT2D eigenvalue weighted by Crippen LogP contribution is 2.21. The molecule has 1 fully saturated rings. The van der Waals surface area contributed by atoms with Gasteiger partial charge in [0.05, 0.1) is 0 Å². The van der Waals surface area contributed by atoms with Crippen LogP contribution in [0.2, 0.25) is 5.15 Å². The third kappa shape index (κ3) is 3.44. The summed E-state index contributed by atoms with van der Waals surface area (Å²) < 4.78 is 0. The van der Waals surface area contributed by atoms with Crippen molar-refractivity contribution in [1.29, 1.82) is 0 Å². The molecule has 0 amide bonds. The second-order valence-corrected chi connectivity index (χ2v) is 4.86. The van der Waals surface area contributed by atoms with Crippen molar-refractivity contribution in [1.82, 2.24) is 19.8 Å². The predicted octanol–water partition coefficient (Wildman–Crippen LogP) is 0.371. The van der Waals surface area contributed by atoms with E-state index in [9.17, 15) is 0 Å². The quantitative estimate of drug-likeness (QED) is 0.771. The Morgan fingerprint density at radius 1 is 1.33 bits per heavy atom. The van der Waals surface area contributed by atoms with E-state index in [-0.39, 0.29) is 0 Å². The van der Waals surface area contributed by atoms with Gasteiger partial charge in [-0.2, -0.15) is 0 Å². The number of hydrogen-bond acceptors (Lipinski definition) is 6. The summed E-state index contributed by atoms with van der Waals surface area (Å²) in [6.45, 7) is 6.26. The smallest absolute Gasteiger partial charge is 0.157 e. The summed E-state index contributed by atoms with van der Waals surface area (Å²) in [7, 11) is 2.15. The Bertz CT molecular complexity index is 391. The highest BCUT2D eigenvalue weighted by Gasteiger charge is 2.13. The van der Waals surface area contributed by atoms with Gasteiger partial charge < -0.3 is 16.0 Å². The molecule has 0 aromatic carbocycles. The summed E-state index contributed by atoms with van der Waals surface area (Å²) in [6.07, 6.45) is 1.41. The number of aromatic nitrogens is 2. The van der Waals surface area contributed by atoms with Crippen molar-refractivity contribution in [2.75, 3.05) is 57.4 Å². The first-order chi connectivity index (χ1) is 8.66. The monoisotopic (exact) mass is 270 g/mol. The molecule has 0 saturated carbocycles. The van der Waals surface area contributed by atoms with Crippen LogP contribution < -0.4 is 11.1 Å². The van der Waals surface area contributed by atoms with Gasteiger partial charge in [0, 0.05) is 39.3 Å². The zero-order chi connectivity index (χ0) is 13.0. The van der Waals surface area contributed by atoms with E-state index in [0.29, 0.717) is 16.7 Å². The van der Waals surface area contributed by atoms with Crippen LogP contribution in [0.5, 0.6) is 0 Å². The van der Waals surface area contributed by atoms with Gasteiger partial charge in [-0.25, -0.2) is 9.97 Å². The molecule has 0 atom stereocenters. The normalized spacial score (nSPS) is 17.9. The molecule has 0 aliphatic carbocycles. The second-order valence-electron chi connectivity index (χ2n) is 4.50. The molecule has 1 aliphatic rings. The summed E-state index contributed by atoms with van der Waals surface area (Å²) in [5.74, 6) is 0.615. The van der Waals surface area contributed by atoms with Gasteiger partial charge in [0.25, 0.3) is 0 Å². The minimum atomic E-state index is 0.298. The molecular formula is C11H19ClN6. The Hall–Kier alpha value is -1.11. The van der Waals surface area contributed by atoms with E-state index < -0.39 is 0 Å². The van der Waals surface area contributed by atoms with E-state index in [2.05, 4.69) is 32.1 Å². The number of likely N-dealkylation sites (N-methyl/N-ethyl adjacent to an activating group) is 1. The van der Waals surface area contributed by atoms with Crippen molar-refractivity contribution in [2.45, 2.75) is 0 Å². The first-order valence-corrected chi connectivity index (χ1v) is 6.45. The molecule has 0 spiro atoms. The molecule has 0 radical (unpaired) electrons. The number of nitrogen functional groups attached to an aromatic ring is 1. The Morgan fingerprint density at radius 3 is 2.78 bits per heavy atom. The molecule has 1 aliphatic heterocycles. The van der Waals surface area contributed by atoms with Crippen LogP contribution in [0.15, 0.2) is 6.33 Å². The number of nitrogens with two attached hydrogens (primary N) is 1. The van der Waals surface area contributed by atoms with Crippen LogP contribution in [-0.4, -0.2) is 66.1 Å². The summed E-state index contributed by atoms with van der Waals surface area (Å²) in [6, 6.07) is 0. The summed E-state index contributed by atoms with van der Waals surface area (Å²) in [4.78, 5) is 12.7. The number of anilines is 2. The Kier molecular flexibility index (Phi) is 4.57. The van der Waals surface area contributed by atoms with E-state index in [1.54, 1.807) is 0 Å². The predicted molar refractivity (Wildman–Crippen MR) is 73.9 cm³/mol. The first-order valence-electron chi connectivity index (χ1n) is 6.07. The minimum absolute atomic E-state index is 0.298. The van der Waals surface area contributed by atoms with Gasteiger partial charge in [-0.15, -0.1) is 0 Å². The maximum absolute atomic E-state index is 5.83. The molecule has 3 N–H and O–H groups in total. The highest BCUT2D eigenvalue weighted by atomic mass is 35.5. The molecule has 2 heterocycles. The fourth-order valence-electron chi connectivity index (χ4n) is 1.92. The molecule has 7 heteroatoms. The molecule has 0 bridgehead atoms.